The fourth-order valence-electron chi connectivity index (χ4n) is 2.46. The van der Waals surface area contributed by atoms with Crippen LogP contribution < -0.4 is 9.47 Å². The molecular weight excluding hydrogens is 350 g/mol. The number of hydrogen-bond acceptors (Lipinski definition) is 5. The number of aromatic nitrogens is 1. The Hall–Kier alpha value is -2.86. The van der Waals surface area contributed by atoms with Crippen LogP contribution in [0.15, 0.2) is 53.9 Å². The molecule has 0 saturated carbocycles. The van der Waals surface area contributed by atoms with Gasteiger partial charge in [-0.25, -0.2) is 4.98 Å². The molecule has 134 valence electrons. The second-order valence-corrected chi connectivity index (χ2v) is 6.53. The van der Waals surface area contributed by atoms with Gasteiger partial charge < -0.3 is 14.6 Å². The molecule has 0 saturated heterocycles. The minimum Gasteiger partial charge on any atom is -0.490 e. The molecule has 6 heteroatoms. The van der Waals surface area contributed by atoms with Crippen molar-refractivity contribution in [3.8, 4) is 22.1 Å². The zero-order valence-corrected chi connectivity index (χ0v) is 15.2. The van der Waals surface area contributed by atoms with E-state index in [4.69, 9.17) is 14.6 Å². The maximum atomic E-state index is 10.8. The molecule has 3 rings (SSSR count). The molecule has 1 N–H and O–H groups in total. The number of hydrogen-bond donors (Lipinski definition) is 1. The van der Waals surface area contributed by atoms with E-state index in [1.807, 2.05) is 55.5 Å². The molecule has 1 aromatic heterocycles. The highest BCUT2D eigenvalue weighted by molar-refractivity contribution is 7.13. The fourth-order valence-corrected chi connectivity index (χ4v) is 3.31. The van der Waals surface area contributed by atoms with Gasteiger partial charge in [-0.15, -0.1) is 11.3 Å². The maximum absolute atomic E-state index is 10.8. The average Bonchev–Trinajstić information content (AvgIpc) is 3.08. The van der Waals surface area contributed by atoms with Gasteiger partial charge in [0, 0.05) is 5.38 Å². The molecule has 0 unspecified atom stereocenters. The Morgan fingerprint density at radius 1 is 1.04 bits per heavy atom. The SMILES string of the molecule is Cc1ccccc1OCCOc1ccccc1-c1nc(CC(=O)O)cs1. The second kappa shape index (κ2) is 8.49. The summed E-state index contributed by atoms with van der Waals surface area (Å²) in [6.07, 6.45) is -0.0796. The first-order valence-corrected chi connectivity index (χ1v) is 9.08. The highest BCUT2D eigenvalue weighted by atomic mass is 32.1. The van der Waals surface area contributed by atoms with Gasteiger partial charge in [0.05, 0.1) is 17.7 Å². The van der Waals surface area contributed by atoms with E-state index in [9.17, 15) is 4.79 Å². The van der Waals surface area contributed by atoms with Crippen LogP contribution >= 0.6 is 11.3 Å². The number of carbonyl (C=O) groups is 1. The van der Waals surface area contributed by atoms with Gasteiger partial charge in [-0.05, 0) is 30.7 Å². The van der Waals surface area contributed by atoms with Crippen molar-refractivity contribution in [1.82, 2.24) is 4.98 Å². The summed E-state index contributed by atoms with van der Waals surface area (Å²) in [5.74, 6) is 0.666. The molecular formula is C20H19NO4S. The van der Waals surface area contributed by atoms with E-state index in [0.717, 1.165) is 21.9 Å². The van der Waals surface area contributed by atoms with Crippen molar-refractivity contribution in [3.63, 3.8) is 0 Å². The number of rotatable bonds is 8. The van der Waals surface area contributed by atoms with Crippen molar-refractivity contribution in [1.29, 1.82) is 0 Å². The van der Waals surface area contributed by atoms with Crippen molar-refractivity contribution in [2.24, 2.45) is 0 Å². The zero-order chi connectivity index (χ0) is 18.4. The van der Waals surface area contributed by atoms with Crippen LogP contribution in [0.25, 0.3) is 10.6 Å². The van der Waals surface area contributed by atoms with Gasteiger partial charge in [0.15, 0.2) is 0 Å². The van der Waals surface area contributed by atoms with E-state index >= 15 is 0 Å². The van der Waals surface area contributed by atoms with Gasteiger partial charge in [-0.3, -0.25) is 4.79 Å². The standard InChI is InChI=1S/C20H19NO4S/c1-14-6-2-4-8-17(14)24-10-11-25-18-9-5-3-7-16(18)20-21-15(13-26-20)12-19(22)23/h2-9,13H,10-12H2,1H3,(H,22,23). The van der Waals surface area contributed by atoms with E-state index in [2.05, 4.69) is 4.98 Å². The number of benzene rings is 2. The largest absolute Gasteiger partial charge is 0.490 e. The van der Waals surface area contributed by atoms with E-state index in [1.165, 1.54) is 11.3 Å². The van der Waals surface area contributed by atoms with Gasteiger partial charge in [0.2, 0.25) is 0 Å². The smallest absolute Gasteiger partial charge is 0.309 e. The third-order valence-electron chi connectivity index (χ3n) is 3.69. The lowest BCUT2D eigenvalue weighted by molar-refractivity contribution is -0.136. The molecule has 0 atom stereocenters. The number of para-hydroxylation sites is 2. The molecule has 0 aliphatic rings. The van der Waals surface area contributed by atoms with E-state index < -0.39 is 5.97 Å². The summed E-state index contributed by atoms with van der Waals surface area (Å²) in [6.45, 7) is 2.84. The van der Waals surface area contributed by atoms with E-state index in [0.29, 0.717) is 24.7 Å². The maximum Gasteiger partial charge on any atom is 0.309 e. The van der Waals surface area contributed by atoms with E-state index in [-0.39, 0.29) is 6.42 Å². The zero-order valence-electron chi connectivity index (χ0n) is 14.3. The summed E-state index contributed by atoms with van der Waals surface area (Å²) >= 11 is 1.41. The summed E-state index contributed by atoms with van der Waals surface area (Å²) in [5, 5.41) is 11.4. The predicted molar refractivity (Wildman–Crippen MR) is 101 cm³/mol. The molecule has 0 radical (unpaired) electrons. The summed E-state index contributed by atoms with van der Waals surface area (Å²) in [5.41, 5.74) is 2.49. The molecule has 0 bridgehead atoms. The quantitative estimate of drug-likeness (QED) is 0.603. The first-order chi connectivity index (χ1) is 12.6. The van der Waals surface area contributed by atoms with Gasteiger partial charge in [0.1, 0.15) is 29.7 Å². The summed E-state index contributed by atoms with van der Waals surface area (Å²) in [6, 6.07) is 15.4. The highest BCUT2D eigenvalue weighted by Gasteiger charge is 2.12. The number of aliphatic carboxylic acids is 1. The molecule has 0 aliphatic carbocycles. The topological polar surface area (TPSA) is 68.7 Å². The number of carboxylic acid groups (broad SMARTS) is 1. The van der Waals surface area contributed by atoms with Gasteiger partial charge in [-0.2, -0.15) is 0 Å². The Bertz CT molecular complexity index is 891. The molecule has 5 nitrogen and oxygen atoms in total. The number of nitrogens with zero attached hydrogens (tertiary/aromatic N) is 1. The number of thiazole rings is 1. The van der Waals surface area contributed by atoms with E-state index in [1.54, 1.807) is 5.38 Å². The fraction of sp³-hybridized carbons (Fsp3) is 0.200. The molecule has 0 spiro atoms. The summed E-state index contributed by atoms with van der Waals surface area (Å²) in [7, 11) is 0. The number of aryl methyl sites for hydroxylation is 1. The van der Waals surface area contributed by atoms with Crippen molar-refractivity contribution in [2.45, 2.75) is 13.3 Å². The predicted octanol–water partition coefficient (Wildman–Crippen LogP) is 4.20. The second-order valence-electron chi connectivity index (χ2n) is 5.67. The lowest BCUT2D eigenvalue weighted by Crippen LogP contribution is -2.10. The van der Waals surface area contributed by atoms with Crippen LogP contribution in [0.5, 0.6) is 11.5 Å². The highest BCUT2D eigenvalue weighted by Crippen LogP contribution is 2.32. The third-order valence-corrected chi connectivity index (χ3v) is 4.62. The molecule has 1 heterocycles. The Morgan fingerprint density at radius 2 is 1.69 bits per heavy atom. The number of carboxylic acids is 1. The average molecular weight is 369 g/mol. The summed E-state index contributed by atoms with van der Waals surface area (Å²) in [4.78, 5) is 15.2. The van der Waals surface area contributed by atoms with Crippen LogP contribution in [0.3, 0.4) is 0 Å². The first-order valence-electron chi connectivity index (χ1n) is 8.20. The van der Waals surface area contributed by atoms with Crippen LogP contribution in [0.1, 0.15) is 11.3 Å². The van der Waals surface area contributed by atoms with Gasteiger partial charge >= 0.3 is 5.97 Å². The molecule has 26 heavy (non-hydrogen) atoms. The summed E-state index contributed by atoms with van der Waals surface area (Å²) < 4.78 is 11.6. The lowest BCUT2D eigenvalue weighted by Gasteiger charge is -2.12. The van der Waals surface area contributed by atoms with Crippen molar-refractivity contribution >= 4 is 17.3 Å². The van der Waals surface area contributed by atoms with Crippen LogP contribution in [0, 0.1) is 6.92 Å². The molecule has 0 amide bonds. The minimum atomic E-state index is -0.889. The first kappa shape index (κ1) is 17.9. The van der Waals surface area contributed by atoms with Crippen LogP contribution in [0.2, 0.25) is 0 Å². The Morgan fingerprint density at radius 3 is 2.42 bits per heavy atom. The Balaban J connectivity index is 1.63. The van der Waals surface area contributed by atoms with Crippen molar-refractivity contribution < 1.29 is 19.4 Å². The van der Waals surface area contributed by atoms with Crippen molar-refractivity contribution in [3.05, 3.63) is 65.2 Å². The molecule has 2 aromatic carbocycles. The minimum absolute atomic E-state index is 0.0796. The van der Waals surface area contributed by atoms with Crippen LogP contribution in [-0.4, -0.2) is 29.3 Å². The molecule has 0 fully saturated rings. The third kappa shape index (κ3) is 4.61. The van der Waals surface area contributed by atoms with Gasteiger partial charge in [-0.1, -0.05) is 30.3 Å². The normalized spacial score (nSPS) is 10.5. The van der Waals surface area contributed by atoms with Crippen LogP contribution in [-0.2, 0) is 11.2 Å². The van der Waals surface area contributed by atoms with Gasteiger partial charge in [0.25, 0.3) is 0 Å². The monoisotopic (exact) mass is 369 g/mol. The van der Waals surface area contributed by atoms with Crippen molar-refractivity contribution in [2.75, 3.05) is 13.2 Å². The molecule has 0 aliphatic heterocycles. The Labute approximate surface area is 155 Å². The van der Waals surface area contributed by atoms with Crippen LogP contribution in [0.4, 0.5) is 0 Å². The Kier molecular flexibility index (Phi) is 5.86. The lowest BCUT2D eigenvalue weighted by atomic mass is 10.2. The molecule has 3 aromatic rings. The number of ether oxygens (including phenoxy) is 2.